The molecule has 0 N–H and O–H groups in total. The number of hydrogen-bond donors (Lipinski definition) is 0. The Balaban J connectivity index is 4.68. The van der Waals surface area contributed by atoms with Crippen LogP contribution in [0.2, 0.25) is 0 Å². The van der Waals surface area contributed by atoms with Crippen molar-refractivity contribution in [3.05, 3.63) is 0 Å². The Bertz CT molecular complexity index is 249. The molecule has 0 atom stereocenters. The van der Waals surface area contributed by atoms with E-state index in [0.717, 1.165) is 0 Å². The third kappa shape index (κ3) is 3.61. The lowest BCUT2D eigenvalue weighted by Gasteiger charge is -2.27. The normalized spacial score (nSPS) is 14.8. The molecule has 0 unspecified atom stereocenters. The molecule has 0 rings (SSSR count). The largest absolute Gasteiger partial charge is 0.416 e. The fourth-order valence-corrected chi connectivity index (χ4v) is 0.506. The van der Waals surface area contributed by atoms with Crippen molar-refractivity contribution in [3.63, 3.8) is 0 Å². The fraction of sp³-hybridized carbons (Fsp3) is 1.00. The lowest BCUT2D eigenvalue weighted by atomic mass is 10.2. The molecule has 0 radical (unpaired) electrons. The summed E-state index contributed by atoms with van der Waals surface area (Å²) in [6.45, 7) is -2.97. The molecule has 0 fully saturated rings. The summed E-state index contributed by atoms with van der Waals surface area (Å²) in [7, 11) is 0. The average molecular weight is 282 g/mol. The van der Waals surface area contributed by atoms with Crippen LogP contribution >= 0.6 is 0 Å². The monoisotopic (exact) mass is 282 g/mol. The summed E-state index contributed by atoms with van der Waals surface area (Å²) in [5, 5.41) is 0. The molecule has 0 bridgehead atoms. The number of halogens is 10. The minimum Gasteiger partial charge on any atom is -0.309 e. The second-order valence-electron chi connectivity index (χ2n) is 2.78. The van der Waals surface area contributed by atoms with Gasteiger partial charge in [-0.05, 0) is 0 Å². The minimum absolute atomic E-state index is 2.55. The molecule has 17 heavy (non-hydrogen) atoms. The SMILES string of the molecule is FC(F)C(F)(F)OCC(F)(F)C(F)(F)C(F)F. The minimum atomic E-state index is -5.97. The first-order valence-electron chi connectivity index (χ1n) is 3.68. The zero-order chi connectivity index (χ0) is 14.1. The molecule has 11 heteroatoms. The standard InChI is InChI=1S/C6H4F10O/c7-2(8)5(13,14)4(11,12)1-17-6(15,16)3(9)10/h2-3H,1H2. The molecule has 0 spiro atoms. The van der Waals surface area contributed by atoms with Gasteiger partial charge in [0.1, 0.15) is 6.61 Å². The van der Waals surface area contributed by atoms with Crippen LogP contribution in [-0.2, 0) is 4.74 Å². The maximum Gasteiger partial charge on any atom is 0.416 e. The molecule has 0 aromatic heterocycles. The maximum absolute atomic E-state index is 12.3. The van der Waals surface area contributed by atoms with Crippen molar-refractivity contribution in [2.75, 3.05) is 6.61 Å². The summed E-state index contributed by atoms with van der Waals surface area (Å²) >= 11 is 0. The summed E-state index contributed by atoms with van der Waals surface area (Å²) in [6.07, 6.45) is -14.8. The van der Waals surface area contributed by atoms with Crippen LogP contribution in [0.3, 0.4) is 0 Å². The maximum atomic E-state index is 12.3. The van der Waals surface area contributed by atoms with Gasteiger partial charge in [-0.3, -0.25) is 0 Å². The van der Waals surface area contributed by atoms with Gasteiger partial charge in [-0.15, -0.1) is 0 Å². The number of ether oxygens (including phenoxy) is 1. The van der Waals surface area contributed by atoms with Gasteiger partial charge in [-0.2, -0.15) is 26.3 Å². The van der Waals surface area contributed by atoms with Crippen LogP contribution in [0.4, 0.5) is 43.9 Å². The quantitative estimate of drug-likeness (QED) is 0.678. The van der Waals surface area contributed by atoms with E-state index in [0.29, 0.717) is 0 Å². The lowest BCUT2D eigenvalue weighted by Crippen LogP contribution is -2.51. The molecule has 0 aliphatic carbocycles. The van der Waals surface area contributed by atoms with E-state index < -0.39 is 37.4 Å². The van der Waals surface area contributed by atoms with Gasteiger partial charge in [-0.1, -0.05) is 0 Å². The second-order valence-corrected chi connectivity index (χ2v) is 2.78. The van der Waals surface area contributed by atoms with E-state index in [1.807, 2.05) is 0 Å². The molecule has 0 amide bonds. The van der Waals surface area contributed by atoms with Gasteiger partial charge < -0.3 is 4.74 Å². The van der Waals surface area contributed by atoms with Gasteiger partial charge in [0.25, 0.3) is 0 Å². The van der Waals surface area contributed by atoms with Gasteiger partial charge in [0, 0.05) is 0 Å². The van der Waals surface area contributed by atoms with Crippen molar-refractivity contribution in [2.45, 2.75) is 30.8 Å². The molecule has 0 aliphatic heterocycles. The first-order chi connectivity index (χ1) is 7.34. The van der Waals surface area contributed by atoms with Crippen LogP contribution in [-0.4, -0.2) is 37.4 Å². The number of hydrogen-bond acceptors (Lipinski definition) is 1. The molecule has 0 saturated carbocycles. The van der Waals surface area contributed by atoms with Crippen molar-refractivity contribution in [2.24, 2.45) is 0 Å². The van der Waals surface area contributed by atoms with Crippen LogP contribution in [0.25, 0.3) is 0 Å². The van der Waals surface area contributed by atoms with E-state index in [1.54, 1.807) is 0 Å². The molecule has 0 aliphatic rings. The summed E-state index contributed by atoms with van der Waals surface area (Å²) in [4.78, 5) is 0. The smallest absolute Gasteiger partial charge is 0.309 e. The van der Waals surface area contributed by atoms with Crippen molar-refractivity contribution < 1.29 is 48.6 Å². The summed E-state index contributed by atoms with van der Waals surface area (Å²) < 4.78 is 121. The van der Waals surface area contributed by atoms with Crippen molar-refractivity contribution >= 4 is 0 Å². The fourth-order valence-electron chi connectivity index (χ4n) is 0.506. The summed E-state index contributed by atoms with van der Waals surface area (Å²) in [5.74, 6) is -11.7. The molecule has 0 saturated heterocycles. The first kappa shape index (κ1) is 16.3. The highest BCUT2D eigenvalue weighted by Gasteiger charge is 2.64. The van der Waals surface area contributed by atoms with Crippen molar-refractivity contribution in [1.82, 2.24) is 0 Å². The highest BCUT2D eigenvalue weighted by Crippen LogP contribution is 2.40. The molecule has 0 heterocycles. The Morgan fingerprint density at radius 3 is 1.47 bits per heavy atom. The first-order valence-corrected chi connectivity index (χ1v) is 3.68. The Morgan fingerprint density at radius 1 is 0.765 bits per heavy atom. The summed E-state index contributed by atoms with van der Waals surface area (Å²) in [5.41, 5.74) is 0. The highest BCUT2D eigenvalue weighted by molar-refractivity contribution is 4.87. The molecular formula is C6H4F10O. The van der Waals surface area contributed by atoms with Crippen LogP contribution in [0.5, 0.6) is 0 Å². The lowest BCUT2D eigenvalue weighted by molar-refractivity contribution is -0.346. The van der Waals surface area contributed by atoms with E-state index >= 15 is 0 Å². The summed E-state index contributed by atoms with van der Waals surface area (Å²) in [6, 6.07) is 0. The Morgan fingerprint density at radius 2 is 1.18 bits per heavy atom. The van der Waals surface area contributed by atoms with Crippen LogP contribution in [0, 0.1) is 0 Å². The number of rotatable bonds is 6. The van der Waals surface area contributed by atoms with Gasteiger partial charge in [0.15, 0.2) is 0 Å². The van der Waals surface area contributed by atoms with E-state index in [2.05, 4.69) is 4.74 Å². The Kier molecular flexibility index (Phi) is 4.65. The van der Waals surface area contributed by atoms with E-state index in [-0.39, 0.29) is 0 Å². The van der Waals surface area contributed by atoms with Crippen LogP contribution in [0.15, 0.2) is 0 Å². The Labute approximate surface area is 87.3 Å². The predicted octanol–water partition coefficient (Wildman–Crippen LogP) is 3.40. The Hall–Kier alpha value is -0.740. The molecule has 0 aromatic rings. The molecule has 1 nitrogen and oxygen atoms in total. The molecule has 104 valence electrons. The van der Waals surface area contributed by atoms with Gasteiger partial charge in [-0.25, -0.2) is 17.6 Å². The zero-order valence-corrected chi connectivity index (χ0v) is 7.55. The molecule has 0 aromatic carbocycles. The third-order valence-corrected chi connectivity index (χ3v) is 1.46. The predicted molar refractivity (Wildman–Crippen MR) is 32.8 cm³/mol. The van der Waals surface area contributed by atoms with Gasteiger partial charge in [0.2, 0.25) is 0 Å². The zero-order valence-electron chi connectivity index (χ0n) is 7.55. The van der Waals surface area contributed by atoms with Crippen LogP contribution < -0.4 is 0 Å². The number of alkyl halides is 10. The third-order valence-electron chi connectivity index (χ3n) is 1.46. The topological polar surface area (TPSA) is 9.23 Å². The van der Waals surface area contributed by atoms with Crippen LogP contribution in [0.1, 0.15) is 0 Å². The van der Waals surface area contributed by atoms with E-state index in [9.17, 15) is 43.9 Å². The van der Waals surface area contributed by atoms with Gasteiger partial charge >= 0.3 is 30.8 Å². The van der Waals surface area contributed by atoms with Crippen molar-refractivity contribution in [1.29, 1.82) is 0 Å². The highest BCUT2D eigenvalue weighted by atomic mass is 19.3. The molecular weight excluding hydrogens is 278 g/mol. The second kappa shape index (κ2) is 4.86. The van der Waals surface area contributed by atoms with Crippen molar-refractivity contribution in [3.8, 4) is 0 Å². The average Bonchev–Trinajstić information content (AvgIpc) is 2.14. The van der Waals surface area contributed by atoms with Gasteiger partial charge in [0.05, 0.1) is 0 Å². The van der Waals surface area contributed by atoms with E-state index in [1.165, 1.54) is 0 Å². The van der Waals surface area contributed by atoms with E-state index in [4.69, 9.17) is 0 Å².